The van der Waals surface area contributed by atoms with E-state index in [0.717, 1.165) is 30.7 Å². The third kappa shape index (κ3) is 5.66. The molecule has 0 radical (unpaired) electrons. The number of hydrogen-bond donors (Lipinski definition) is 2. The second-order valence-corrected chi connectivity index (χ2v) is 9.21. The molecule has 180 valence electrons. The van der Waals surface area contributed by atoms with Gasteiger partial charge in [-0.1, -0.05) is 12.1 Å². The molecular formula is C23H25F2N5O3S. The minimum atomic E-state index is -4.92. The number of halogens is 2. The molecule has 0 fully saturated rings. The SMILES string of the molecule is CCN(CC)c1cc(C)nc(Nc2ccc(NC(=O)c3ccccc3S(=O)(=O)C(F)F)cc2)n1. The second kappa shape index (κ2) is 10.6. The van der Waals surface area contributed by atoms with E-state index in [1.807, 2.05) is 26.8 Å². The van der Waals surface area contributed by atoms with Crippen LogP contribution in [-0.2, 0) is 9.84 Å². The van der Waals surface area contributed by atoms with Crippen LogP contribution in [-0.4, -0.2) is 43.1 Å². The molecule has 0 aliphatic heterocycles. The lowest BCUT2D eigenvalue weighted by Gasteiger charge is -2.20. The fourth-order valence-electron chi connectivity index (χ4n) is 3.28. The van der Waals surface area contributed by atoms with E-state index in [1.54, 1.807) is 24.3 Å². The zero-order valence-corrected chi connectivity index (χ0v) is 19.7. The van der Waals surface area contributed by atoms with Gasteiger partial charge in [0, 0.05) is 36.2 Å². The van der Waals surface area contributed by atoms with E-state index in [9.17, 15) is 22.0 Å². The maximum atomic E-state index is 13.0. The van der Waals surface area contributed by atoms with Crippen LogP contribution in [0.4, 0.5) is 31.9 Å². The lowest BCUT2D eigenvalue weighted by molar-refractivity contribution is 0.102. The van der Waals surface area contributed by atoms with Gasteiger partial charge in [-0.2, -0.15) is 13.8 Å². The van der Waals surface area contributed by atoms with E-state index >= 15 is 0 Å². The molecule has 0 bridgehead atoms. The Bertz CT molecular complexity index is 1260. The third-order valence-electron chi connectivity index (χ3n) is 5.00. The number of hydrogen-bond acceptors (Lipinski definition) is 7. The number of aryl methyl sites for hydroxylation is 1. The molecule has 11 heteroatoms. The minimum absolute atomic E-state index is 0.355. The van der Waals surface area contributed by atoms with Crippen LogP contribution in [0, 0.1) is 6.92 Å². The molecule has 1 aromatic heterocycles. The van der Waals surface area contributed by atoms with Gasteiger partial charge >= 0.3 is 5.76 Å². The molecule has 3 rings (SSSR count). The fraction of sp³-hybridized carbons (Fsp3) is 0.261. The molecule has 0 aliphatic carbocycles. The van der Waals surface area contributed by atoms with Gasteiger partial charge in [0.15, 0.2) is 0 Å². The van der Waals surface area contributed by atoms with Crippen molar-refractivity contribution in [1.82, 2.24) is 9.97 Å². The van der Waals surface area contributed by atoms with Gasteiger partial charge in [0.05, 0.1) is 10.5 Å². The minimum Gasteiger partial charge on any atom is -0.357 e. The number of aromatic nitrogens is 2. The Kier molecular flexibility index (Phi) is 7.77. The summed E-state index contributed by atoms with van der Waals surface area (Å²) in [6.45, 7) is 7.58. The molecule has 1 heterocycles. The van der Waals surface area contributed by atoms with Crippen molar-refractivity contribution >= 4 is 38.9 Å². The Morgan fingerprint density at radius 3 is 2.24 bits per heavy atom. The molecule has 1 amide bonds. The summed E-state index contributed by atoms with van der Waals surface area (Å²) in [7, 11) is -4.92. The number of alkyl halides is 2. The molecule has 0 saturated carbocycles. The number of anilines is 4. The molecule has 2 N–H and O–H groups in total. The number of carbonyl (C=O) groups is 1. The van der Waals surface area contributed by atoms with Crippen molar-refractivity contribution in [3.05, 3.63) is 65.9 Å². The first-order chi connectivity index (χ1) is 16.1. The summed E-state index contributed by atoms with van der Waals surface area (Å²) in [5.41, 5.74) is 1.46. The molecule has 0 spiro atoms. The lowest BCUT2D eigenvalue weighted by atomic mass is 10.2. The number of nitrogens with one attached hydrogen (secondary N) is 2. The van der Waals surface area contributed by atoms with Crippen molar-refractivity contribution in [2.24, 2.45) is 0 Å². The highest BCUT2D eigenvalue weighted by Gasteiger charge is 2.30. The number of rotatable bonds is 9. The van der Waals surface area contributed by atoms with Gasteiger partial charge in [-0.3, -0.25) is 4.79 Å². The number of sulfone groups is 1. The second-order valence-electron chi connectivity index (χ2n) is 7.32. The molecule has 2 aromatic carbocycles. The van der Waals surface area contributed by atoms with Gasteiger partial charge in [0.25, 0.3) is 5.91 Å². The number of carbonyl (C=O) groups excluding carboxylic acids is 1. The van der Waals surface area contributed by atoms with Gasteiger partial charge in [-0.05, 0) is 57.2 Å². The van der Waals surface area contributed by atoms with Gasteiger partial charge in [0.1, 0.15) is 5.82 Å². The van der Waals surface area contributed by atoms with Crippen molar-refractivity contribution in [1.29, 1.82) is 0 Å². The molecule has 8 nitrogen and oxygen atoms in total. The number of benzene rings is 2. The smallest absolute Gasteiger partial charge is 0.341 e. The Balaban J connectivity index is 1.77. The monoisotopic (exact) mass is 489 g/mol. The summed E-state index contributed by atoms with van der Waals surface area (Å²) in [4.78, 5) is 22.9. The van der Waals surface area contributed by atoms with Crippen molar-refractivity contribution in [2.75, 3.05) is 28.6 Å². The van der Waals surface area contributed by atoms with Gasteiger partial charge < -0.3 is 15.5 Å². The largest absolute Gasteiger partial charge is 0.357 e. The van der Waals surface area contributed by atoms with E-state index < -0.39 is 26.4 Å². The van der Waals surface area contributed by atoms with Crippen LogP contribution < -0.4 is 15.5 Å². The zero-order chi connectivity index (χ0) is 24.9. The van der Waals surface area contributed by atoms with Crippen molar-refractivity contribution in [2.45, 2.75) is 31.4 Å². The predicted molar refractivity (Wildman–Crippen MR) is 128 cm³/mol. The molecule has 0 saturated heterocycles. The van der Waals surface area contributed by atoms with Crippen molar-refractivity contribution < 1.29 is 22.0 Å². The molecule has 0 aliphatic rings. The Morgan fingerprint density at radius 2 is 1.62 bits per heavy atom. The highest BCUT2D eigenvalue weighted by atomic mass is 32.2. The number of nitrogens with zero attached hydrogens (tertiary/aromatic N) is 3. The van der Waals surface area contributed by atoms with Crippen LogP contribution in [0.5, 0.6) is 0 Å². The maximum Gasteiger partial charge on any atom is 0.341 e. The maximum absolute atomic E-state index is 13.0. The van der Waals surface area contributed by atoms with Crippen LogP contribution in [0.25, 0.3) is 0 Å². The summed E-state index contributed by atoms with van der Waals surface area (Å²) in [5, 5.41) is 5.65. The highest BCUT2D eigenvalue weighted by Crippen LogP contribution is 2.24. The van der Waals surface area contributed by atoms with Crippen molar-refractivity contribution in [3.8, 4) is 0 Å². The van der Waals surface area contributed by atoms with Crippen LogP contribution >= 0.6 is 0 Å². The average molecular weight is 490 g/mol. The van der Waals surface area contributed by atoms with E-state index in [1.165, 1.54) is 18.2 Å². The summed E-state index contributed by atoms with van der Waals surface area (Å²) < 4.78 is 49.8. The summed E-state index contributed by atoms with van der Waals surface area (Å²) >= 11 is 0. The summed E-state index contributed by atoms with van der Waals surface area (Å²) in [6, 6.07) is 13.3. The molecule has 0 unspecified atom stereocenters. The molecular weight excluding hydrogens is 464 g/mol. The highest BCUT2D eigenvalue weighted by molar-refractivity contribution is 7.91. The average Bonchev–Trinajstić information content (AvgIpc) is 2.80. The fourth-order valence-corrected chi connectivity index (χ4v) is 4.21. The van der Waals surface area contributed by atoms with Gasteiger partial charge in [-0.15, -0.1) is 0 Å². The van der Waals surface area contributed by atoms with Crippen LogP contribution in [0.3, 0.4) is 0 Å². The summed E-state index contributed by atoms with van der Waals surface area (Å²) in [5.74, 6) is -3.21. The topological polar surface area (TPSA) is 104 Å². The summed E-state index contributed by atoms with van der Waals surface area (Å²) in [6.07, 6.45) is 0. The Labute approximate surface area is 197 Å². The lowest BCUT2D eigenvalue weighted by Crippen LogP contribution is -2.23. The van der Waals surface area contributed by atoms with Crippen LogP contribution in [0.1, 0.15) is 29.9 Å². The van der Waals surface area contributed by atoms with Crippen LogP contribution in [0.2, 0.25) is 0 Å². The predicted octanol–water partition coefficient (Wildman–Crippen LogP) is 4.62. The Hall–Kier alpha value is -3.60. The van der Waals surface area contributed by atoms with E-state index in [4.69, 9.17) is 0 Å². The number of amides is 1. The van der Waals surface area contributed by atoms with Gasteiger partial charge in [-0.25, -0.2) is 13.4 Å². The molecule has 3 aromatic rings. The van der Waals surface area contributed by atoms with Crippen LogP contribution in [0.15, 0.2) is 59.5 Å². The standard InChI is InChI=1S/C23H25F2N5O3S/c1-4-30(5-2)20-14-15(3)26-23(29-20)28-17-12-10-16(11-13-17)27-21(31)18-8-6-7-9-19(18)34(32,33)22(24)25/h6-14,22H,4-5H2,1-3H3,(H,27,31)(H,26,28,29). The third-order valence-corrected chi connectivity index (χ3v) is 6.44. The quantitative estimate of drug-likeness (QED) is 0.452. The first kappa shape index (κ1) is 25.0. The molecule has 0 atom stereocenters. The normalized spacial score (nSPS) is 11.4. The van der Waals surface area contributed by atoms with Gasteiger partial charge in [0.2, 0.25) is 15.8 Å². The van der Waals surface area contributed by atoms with E-state index in [0.29, 0.717) is 17.3 Å². The first-order valence-electron chi connectivity index (χ1n) is 10.6. The van der Waals surface area contributed by atoms with E-state index in [-0.39, 0.29) is 5.56 Å². The van der Waals surface area contributed by atoms with Crippen molar-refractivity contribution in [3.63, 3.8) is 0 Å². The Morgan fingerprint density at radius 1 is 1.00 bits per heavy atom. The molecule has 34 heavy (non-hydrogen) atoms. The van der Waals surface area contributed by atoms with E-state index in [2.05, 4.69) is 25.5 Å². The first-order valence-corrected chi connectivity index (χ1v) is 12.1. The zero-order valence-electron chi connectivity index (χ0n) is 18.9.